The summed E-state index contributed by atoms with van der Waals surface area (Å²) in [5, 5.41) is 8.16. The molecule has 1 aromatic heterocycles. The first-order chi connectivity index (χ1) is 11.9. The van der Waals surface area contributed by atoms with Crippen molar-refractivity contribution >= 4 is 44.1 Å². The largest absolute Gasteiger partial charge is 0.456 e. The van der Waals surface area contributed by atoms with Crippen LogP contribution >= 0.6 is 0 Å². The first-order valence-corrected chi connectivity index (χ1v) is 8.04. The van der Waals surface area contributed by atoms with Crippen molar-refractivity contribution in [2.45, 2.75) is 0 Å². The second-order valence-electron chi connectivity index (χ2n) is 6.00. The van der Waals surface area contributed by atoms with Crippen LogP contribution in [-0.4, -0.2) is 0 Å². The van der Waals surface area contributed by atoms with Gasteiger partial charge in [-0.25, -0.2) is 0 Å². The molecule has 0 radical (unpaired) electrons. The van der Waals surface area contributed by atoms with Crippen molar-refractivity contribution in [3.05, 3.63) is 84.9 Å². The van der Waals surface area contributed by atoms with Crippen LogP contribution in [0.25, 0.3) is 32.7 Å². The van der Waals surface area contributed by atoms with Crippen LogP contribution < -0.4 is 5.32 Å². The van der Waals surface area contributed by atoms with Crippen molar-refractivity contribution < 1.29 is 4.42 Å². The number of hydrogen-bond donors (Lipinski definition) is 1. The van der Waals surface area contributed by atoms with Crippen molar-refractivity contribution in [1.29, 1.82) is 0 Å². The van der Waals surface area contributed by atoms with E-state index in [0.717, 1.165) is 33.3 Å². The van der Waals surface area contributed by atoms with E-state index in [0.29, 0.717) is 0 Å². The maximum absolute atomic E-state index is 6.10. The van der Waals surface area contributed by atoms with Gasteiger partial charge in [0.2, 0.25) is 0 Å². The number of hydrogen-bond acceptors (Lipinski definition) is 2. The Kier molecular flexibility index (Phi) is 2.83. The van der Waals surface area contributed by atoms with Gasteiger partial charge in [-0.2, -0.15) is 0 Å². The molecule has 0 aliphatic carbocycles. The Morgan fingerprint density at radius 1 is 0.542 bits per heavy atom. The lowest BCUT2D eigenvalue weighted by molar-refractivity contribution is 0.669. The summed E-state index contributed by atoms with van der Waals surface area (Å²) >= 11 is 0. The van der Waals surface area contributed by atoms with Gasteiger partial charge in [0.25, 0.3) is 0 Å². The number of furan rings is 1. The van der Waals surface area contributed by atoms with Gasteiger partial charge in [0.15, 0.2) is 0 Å². The molecule has 0 saturated carbocycles. The Morgan fingerprint density at radius 3 is 2.08 bits per heavy atom. The first kappa shape index (κ1) is 13.2. The van der Waals surface area contributed by atoms with Gasteiger partial charge in [-0.15, -0.1) is 0 Å². The summed E-state index contributed by atoms with van der Waals surface area (Å²) in [5.41, 5.74) is 3.93. The lowest BCUT2D eigenvalue weighted by atomic mass is 10.1. The molecule has 2 nitrogen and oxygen atoms in total. The predicted octanol–water partition coefficient (Wildman–Crippen LogP) is 6.48. The van der Waals surface area contributed by atoms with Crippen molar-refractivity contribution in [3.63, 3.8) is 0 Å². The minimum Gasteiger partial charge on any atom is -0.456 e. The molecule has 0 atom stereocenters. The molecule has 4 aromatic carbocycles. The molecule has 5 rings (SSSR count). The number of fused-ring (bicyclic) bond motifs is 4. The summed E-state index contributed by atoms with van der Waals surface area (Å²) in [7, 11) is 0. The molecule has 0 saturated heterocycles. The molecular formula is C22H15NO. The van der Waals surface area contributed by atoms with Gasteiger partial charge in [-0.3, -0.25) is 0 Å². The highest BCUT2D eigenvalue weighted by atomic mass is 16.3. The molecule has 2 heteroatoms. The summed E-state index contributed by atoms with van der Waals surface area (Å²) in [4.78, 5) is 0. The third kappa shape index (κ3) is 2.12. The second kappa shape index (κ2) is 5.14. The third-order valence-electron chi connectivity index (χ3n) is 4.40. The van der Waals surface area contributed by atoms with E-state index in [2.05, 4.69) is 72.0 Å². The van der Waals surface area contributed by atoms with Crippen LogP contribution in [0.15, 0.2) is 89.3 Å². The molecule has 0 amide bonds. The van der Waals surface area contributed by atoms with Crippen molar-refractivity contribution in [2.75, 3.05) is 5.32 Å². The predicted molar refractivity (Wildman–Crippen MR) is 101 cm³/mol. The van der Waals surface area contributed by atoms with E-state index in [1.165, 1.54) is 10.8 Å². The molecule has 0 unspecified atom stereocenters. The SMILES string of the molecule is c1ccc(Nc2ccc3c(c2)oc2cc4ccccc4cc23)cc1. The summed E-state index contributed by atoms with van der Waals surface area (Å²) in [6.45, 7) is 0. The second-order valence-corrected chi connectivity index (χ2v) is 6.00. The lowest BCUT2D eigenvalue weighted by Gasteiger charge is -2.05. The first-order valence-electron chi connectivity index (χ1n) is 8.04. The minimum atomic E-state index is 0.904. The maximum atomic E-state index is 6.10. The summed E-state index contributed by atoms with van der Waals surface area (Å²) < 4.78 is 6.10. The van der Waals surface area contributed by atoms with Gasteiger partial charge in [0, 0.05) is 28.2 Å². The number of benzene rings is 4. The van der Waals surface area contributed by atoms with Gasteiger partial charge in [0.05, 0.1) is 0 Å². The molecule has 0 spiro atoms. The standard InChI is InChI=1S/C22H15NO/c1-2-8-17(9-3-1)23-18-10-11-19-20-12-15-6-4-5-7-16(15)13-21(20)24-22(19)14-18/h1-14,23H. The van der Waals surface area contributed by atoms with E-state index in [-0.39, 0.29) is 0 Å². The average Bonchev–Trinajstić information content (AvgIpc) is 2.97. The molecule has 0 aliphatic heterocycles. The molecular weight excluding hydrogens is 294 g/mol. The molecule has 114 valence electrons. The molecule has 5 aromatic rings. The van der Waals surface area contributed by atoms with E-state index in [1.54, 1.807) is 0 Å². The van der Waals surface area contributed by atoms with E-state index in [9.17, 15) is 0 Å². The quantitative estimate of drug-likeness (QED) is 0.403. The summed E-state index contributed by atoms with van der Waals surface area (Å²) in [6.07, 6.45) is 0. The van der Waals surface area contributed by atoms with E-state index >= 15 is 0 Å². The normalized spacial score (nSPS) is 11.3. The highest BCUT2D eigenvalue weighted by Crippen LogP contribution is 2.34. The third-order valence-corrected chi connectivity index (χ3v) is 4.40. The Labute approximate surface area is 139 Å². The van der Waals surface area contributed by atoms with Crippen LogP contribution in [0.3, 0.4) is 0 Å². The zero-order chi connectivity index (χ0) is 15.9. The van der Waals surface area contributed by atoms with Crippen molar-refractivity contribution in [1.82, 2.24) is 0 Å². The fraction of sp³-hybridized carbons (Fsp3) is 0. The van der Waals surface area contributed by atoms with Crippen LogP contribution in [0.1, 0.15) is 0 Å². The Hall–Kier alpha value is -3.26. The number of nitrogens with one attached hydrogen (secondary N) is 1. The molecule has 0 aliphatic rings. The molecule has 0 fully saturated rings. The van der Waals surface area contributed by atoms with Gasteiger partial charge in [-0.05, 0) is 47.2 Å². The summed E-state index contributed by atoms with van der Waals surface area (Å²) in [6, 6.07) is 29.1. The zero-order valence-corrected chi connectivity index (χ0v) is 13.0. The van der Waals surface area contributed by atoms with Crippen LogP contribution in [0.5, 0.6) is 0 Å². The van der Waals surface area contributed by atoms with Crippen LogP contribution in [0, 0.1) is 0 Å². The van der Waals surface area contributed by atoms with Crippen molar-refractivity contribution in [2.24, 2.45) is 0 Å². The molecule has 0 bridgehead atoms. The monoisotopic (exact) mass is 309 g/mol. The summed E-state index contributed by atoms with van der Waals surface area (Å²) in [5.74, 6) is 0. The van der Waals surface area contributed by atoms with Gasteiger partial charge >= 0.3 is 0 Å². The fourth-order valence-electron chi connectivity index (χ4n) is 3.23. The van der Waals surface area contributed by atoms with Crippen LogP contribution in [0.2, 0.25) is 0 Å². The van der Waals surface area contributed by atoms with Gasteiger partial charge in [0.1, 0.15) is 11.2 Å². The van der Waals surface area contributed by atoms with Gasteiger partial charge in [-0.1, -0.05) is 42.5 Å². The van der Waals surface area contributed by atoms with E-state index < -0.39 is 0 Å². The topological polar surface area (TPSA) is 25.2 Å². The Balaban J connectivity index is 1.67. The van der Waals surface area contributed by atoms with Crippen LogP contribution in [-0.2, 0) is 0 Å². The zero-order valence-electron chi connectivity index (χ0n) is 13.0. The number of para-hydroxylation sites is 1. The van der Waals surface area contributed by atoms with E-state index in [1.807, 2.05) is 18.2 Å². The average molecular weight is 309 g/mol. The fourth-order valence-corrected chi connectivity index (χ4v) is 3.23. The van der Waals surface area contributed by atoms with Crippen LogP contribution in [0.4, 0.5) is 11.4 Å². The van der Waals surface area contributed by atoms with E-state index in [4.69, 9.17) is 4.42 Å². The lowest BCUT2D eigenvalue weighted by Crippen LogP contribution is -1.88. The Morgan fingerprint density at radius 2 is 1.25 bits per heavy atom. The number of anilines is 2. The minimum absolute atomic E-state index is 0.904. The highest BCUT2D eigenvalue weighted by Gasteiger charge is 2.09. The molecule has 24 heavy (non-hydrogen) atoms. The highest BCUT2D eigenvalue weighted by molar-refractivity contribution is 6.10. The molecule has 1 heterocycles. The van der Waals surface area contributed by atoms with Gasteiger partial charge < -0.3 is 9.73 Å². The Bertz CT molecular complexity index is 1170. The van der Waals surface area contributed by atoms with Crippen molar-refractivity contribution in [3.8, 4) is 0 Å². The smallest absolute Gasteiger partial charge is 0.137 e. The number of rotatable bonds is 2. The molecule has 1 N–H and O–H groups in total. The maximum Gasteiger partial charge on any atom is 0.137 e.